The van der Waals surface area contributed by atoms with Gasteiger partial charge in [0.1, 0.15) is 10.8 Å². The number of allylic oxidation sites excluding steroid dienone is 9. The molecule has 21 heavy (non-hydrogen) atoms. The molecule has 0 radical (unpaired) electrons. The number of hydrogen-bond donors (Lipinski definition) is 1. The maximum atomic E-state index is 10.1. The fourth-order valence-electron chi connectivity index (χ4n) is 2.60. The smallest absolute Gasteiger partial charge is 0.124 e. The zero-order chi connectivity index (χ0) is 14.2. The van der Waals surface area contributed by atoms with Crippen LogP contribution in [0, 0.1) is 0 Å². The second-order valence-corrected chi connectivity index (χ2v) is 6.10. The maximum Gasteiger partial charge on any atom is 0.124 e. The number of benzene rings is 1. The Balaban J connectivity index is 1.88. The lowest BCUT2D eigenvalue weighted by molar-refractivity contribution is 0.421. The van der Waals surface area contributed by atoms with Crippen molar-refractivity contribution in [2.45, 2.75) is 6.42 Å². The standard InChI is InChI=1S/C18H13NOS/c20-16-10-9-14(12-5-1-2-6-13(16)11-12)18-19-15-7-3-4-8-17(15)21-18/h1-10,20H,11H2. The van der Waals surface area contributed by atoms with Gasteiger partial charge in [0.25, 0.3) is 0 Å². The van der Waals surface area contributed by atoms with Crippen LogP contribution < -0.4 is 0 Å². The summed E-state index contributed by atoms with van der Waals surface area (Å²) in [6, 6.07) is 8.17. The van der Waals surface area contributed by atoms with Crippen LogP contribution in [0.15, 0.2) is 77.6 Å². The summed E-state index contributed by atoms with van der Waals surface area (Å²) in [6.07, 6.45) is 12.5. The molecule has 2 nitrogen and oxygen atoms in total. The first-order chi connectivity index (χ1) is 10.3. The lowest BCUT2D eigenvalue weighted by Crippen LogP contribution is -1.91. The second kappa shape index (κ2) is 4.86. The zero-order valence-corrected chi connectivity index (χ0v) is 12.1. The molecular formula is C18H13NOS. The SMILES string of the molecule is OC1=CC=C(c2nc3ccccc3s2)C2=CC=CC=C1C2. The Morgan fingerprint density at radius 1 is 0.952 bits per heavy atom. The largest absolute Gasteiger partial charge is 0.508 e. The highest BCUT2D eigenvalue weighted by Crippen LogP contribution is 2.37. The predicted molar refractivity (Wildman–Crippen MR) is 88.2 cm³/mol. The Hall–Kier alpha value is -2.39. The van der Waals surface area contributed by atoms with Gasteiger partial charge in [-0.25, -0.2) is 4.98 Å². The summed E-state index contributed by atoms with van der Waals surface area (Å²) in [7, 11) is 0. The van der Waals surface area contributed by atoms with E-state index in [1.165, 1.54) is 10.3 Å². The van der Waals surface area contributed by atoms with Gasteiger partial charge in [-0.15, -0.1) is 11.3 Å². The van der Waals surface area contributed by atoms with Crippen molar-refractivity contribution in [3.05, 3.63) is 82.6 Å². The van der Waals surface area contributed by atoms with Crippen molar-refractivity contribution < 1.29 is 5.11 Å². The van der Waals surface area contributed by atoms with Gasteiger partial charge in [0.05, 0.1) is 10.2 Å². The number of thiazole rings is 1. The van der Waals surface area contributed by atoms with Crippen LogP contribution >= 0.6 is 11.3 Å². The summed E-state index contributed by atoms with van der Waals surface area (Å²) < 4.78 is 1.19. The van der Waals surface area contributed by atoms with Crippen LogP contribution in [0.1, 0.15) is 11.4 Å². The molecule has 2 aromatic rings. The number of rotatable bonds is 1. The van der Waals surface area contributed by atoms with Gasteiger partial charge in [0.15, 0.2) is 0 Å². The molecule has 102 valence electrons. The van der Waals surface area contributed by atoms with E-state index < -0.39 is 0 Å². The van der Waals surface area contributed by atoms with Crippen LogP contribution in [-0.4, -0.2) is 10.1 Å². The molecule has 0 atom stereocenters. The lowest BCUT2D eigenvalue weighted by Gasteiger charge is -2.07. The first-order valence-corrected chi connectivity index (χ1v) is 7.67. The number of hydrogen-bond acceptors (Lipinski definition) is 3. The Bertz CT molecular complexity index is 845. The Morgan fingerprint density at radius 2 is 1.76 bits per heavy atom. The molecule has 0 saturated carbocycles. The van der Waals surface area contributed by atoms with Gasteiger partial charge >= 0.3 is 0 Å². The zero-order valence-electron chi connectivity index (χ0n) is 11.3. The van der Waals surface area contributed by atoms with Crippen molar-refractivity contribution in [3.8, 4) is 0 Å². The minimum Gasteiger partial charge on any atom is -0.508 e. The number of aliphatic hydroxyl groups excluding tert-OH is 1. The molecule has 0 amide bonds. The van der Waals surface area contributed by atoms with Crippen molar-refractivity contribution in [3.63, 3.8) is 0 Å². The Labute approximate surface area is 126 Å². The lowest BCUT2D eigenvalue weighted by atomic mass is 10.0. The first-order valence-electron chi connectivity index (χ1n) is 6.85. The van der Waals surface area contributed by atoms with E-state index in [1.807, 2.05) is 42.5 Å². The number of aromatic nitrogens is 1. The van der Waals surface area contributed by atoms with Crippen molar-refractivity contribution in [2.75, 3.05) is 0 Å². The molecule has 0 unspecified atom stereocenters. The summed E-state index contributed by atoms with van der Waals surface area (Å²) >= 11 is 1.69. The Kier molecular flexibility index (Phi) is 2.86. The van der Waals surface area contributed by atoms with Gasteiger partial charge in [0, 0.05) is 12.0 Å². The van der Waals surface area contributed by atoms with E-state index in [1.54, 1.807) is 17.4 Å². The van der Waals surface area contributed by atoms with Crippen molar-refractivity contribution in [1.82, 2.24) is 4.98 Å². The number of fused-ring (bicyclic) bond motifs is 3. The molecule has 2 aliphatic rings. The number of nitrogens with zero attached hydrogens (tertiary/aromatic N) is 1. The summed E-state index contributed by atoms with van der Waals surface area (Å²) in [4.78, 5) is 4.74. The fourth-order valence-corrected chi connectivity index (χ4v) is 3.63. The second-order valence-electron chi connectivity index (χ2n) is 5.06. The van der Waals surface area contributed by atoms with Crippen LogP contribution in [-0.2, 0) is 0 Å². The summed E-state index contributed by atoms with van der Waals surface area (Å²) in [5.74, 6) is 0.337. The van der Waals surface area contributed by atoms with Crippen molar-refractivity contribution >= 4 is 27.1 Å². The molecule has 2 bridgehead atoms. The normalized spacial score (nSPS) is 17.5. The third-order valence-electron chi connectivity index (χ3n) is 3.69. The highest BCUT2D eigenvalue weighted by Gasteiger charge is 2.18. The minimum atomic E-state index is 0.337. The van der Waals surface area contributed by atoms with Crippen LogP contribution in [0.25, 0.3) is 15.8 Å². The number of para-hydroxylation sites is 1. The van der Waals surface area contributed by atoms with Gasteiger partial charge in [-0.3, -0.25) is 0 Å². The fraction of sp³-hybridized carbons (Fsp3) is 0.0556. The van der Waals surface area contributed by atoms with E-state index in [0.29, 0.717) is 5.76 Å². The van der Waals surface area contributed by atoms with E-state index in [9.17, 15) is 5.11 Å². The molecule has 1 N–H and O–H groups in total. The van der Waals surface area contributed by atoms with Crippen LogP contribution in [0.2, 0.25) is 0 Å². The Morgan fingerprint density at radius 3 is 2.62 bits per heavy atom. The monoisotopic (exact) mass is 291 g/mol. The van der Waals surface area contributed by atoms with E-state index in [0.717, 1.165) is 28.1 Å². The summed E-state index contributed by atoms with van der Waals surface area (Å²) in [5, 5.41) is 11.1. The quantitative estimate of drug-likeness (QED) is 0.806. The molecule has 4 rings (SSSR count). The molecule has 1 heterocycles. The molecule has 2 aliphatic carbocycles. The molecule has 3 heteroatoms. The molecule has 1 aromatic heterocycles. The van der Waals surface area contributed by atoms with Crippen LogP contribution in [0.5, 0.6) is 0 Å². The predicted octanol–water partition coefficient (Wildman–Crippen LogP) is 4.95. The highest BCUT2D eigenvalue weighted by molar-refractivity contribution is 7.19. The van der Waals surface area contributed by atoms with Crippen LogP contribution in [0.3, 0.4) is 0 Å². The van der Waals surface area contributed by atoms with Crippen molar-refractivity contribution in [1.29, 1.82) is 0 Å². The highest BCUT2D eigenvalue weighted by atomic mass is 32.1. The number of aliphatic hydroxyl groups is 1. The summed E-state index contributed by atoms with van der Waals surface area (Å²) in [6.45, 7) is 0. The van der Waals surface area contributed by atoms with Gasteiger partial charge in [-0.05, 0) is 35.4 Å². The molecule has 0 spiro atoms. The van der Waals surface area contributed by atoms with Crippen LogP contribution in [0.4, 0.5) is 0 Å². The van der Waals surface area contributed by atoms with E-state index >= 15 is 0 Å². The summed E-state index contributed by atoms with van der Waals surface area (Å²) in [5.41, 5.74) is 4.26. The molecule has 0 fully saturated rings. The van der Waals surface area contributed by atoms with Gasteiger partial charge in [-0.1, -0.05) is 36.4 Å². The van der Waals surface area contributed by atoms with Gasteiger partial charge in [0.2, 0.25) is 0 Å². The molecule has 0 aliphatic heterocycles. The van der Waals surface area contributed by atoms with Crippen molar-refractivity contribution in [2.24, 2.45) is 0 Å². The average Bonchev–Trinajstić information content (AvgIpc) is 2.67. The molecular weight excluding hydrogens is 278 g/mol. The molecule has 1 aromatic carbocycles. The van der Waals surface area contributed by atoms with E-state index in [4.69, 9.17) is 4.98 Å². The van der Waals surface area contributed by atoms with Gasteiger partial charge < -0.3 is 5.11 Å². The third-order valence-corrected chi connectivity index (χ3v) is 4.76. The third kappa shape index (κ3) is 2.16. The minimum absolute atomic E-state index is 0.337. The first kappa shape index (κ1) is 12.4. The van der Waals surface area contributed by atoms with Gasteiger partial charge in [-0.2, -0.15) is 0 Å². The molecule has 0 saturated heterocycles. The average molecular weight is 291 g/mol. The topological polar surface area (TPSA) is 33.1 Å². The maximum absolute atomic E-state index is 10.1. The van der Waals surface area contributed by atoms with E-state index in [2.05, 4.69) is 12.1 Å². The van der Waals surface area contributed by atoms with E-state index in [-0.39, 0.29) is 0 Å².